The standard InChI is InChI=1S/C25H23F3N4O2S/c26-25(27,28)35-19-10-8-18(9-11-19)32-23(33)16-31(24(32)34)15-17-14-22(30-12-4-1-5-13-30)29-21-7-3-2-6-20(17)21/h2-3,6-11,14,16,33H,1,4-5,12-13,15H2. The molecule has 0 amide bonds. The smallest absolute Gasteiger partial charge is 0.446 e. The van der Waals surface area contributed by atoms with Crippen molar-refractivity contribution in [2.75, 3.05) is 18.0 Å². The predicted octanol–water partition coefficient (Wildman–Crippen LogP) is 5.54. The highest BCUT2D eigenvalue weighted by Gasteiger charge is 2.29. The number of nitrogens with zero attached hydrogens (tertiary/aromatic N) is 4. The Morgan fingerprint density at radius 1 is 1.00 bits per heavy atom. The summed E-state index contributed by atoms with van der Waals surface area (Å²) < 4.78 is 40.3. The Balaban J connectivity index is 1.49. The van der Waals surface area contributed by atoms with Gasteiger partial charge in [0.2, 0.25) is 5.88 Å². The first kappa shape index (κ1) is 23.3. The fourth-order valence-corrected chi connectivity index (χ4v) is 5.00. The van der Waals surface area contributed by atoms with Crippen LogP contribution in [-0.4, -0.2) is 37.8 Å². The van der Waals surface area contributed by atoms with Gasteiger partial charge in [-0.05, 0) is 73.0 Å². The van der Waals surface area contributed by atoms with Crippen molar-refractivity contribution in [3.63, 3.8) is 0 Å². The third-order valence-electron chi connectivity index (χ3n) is 6.07. The van der Waals surface area contributed by atoms with Crippen LogP contribution >= 0.6 is 11.8 Å². The first-order chi connectivity index (χ1) is 16.8. The minimum Gasteiger partial charge on any atom is -0.493 e. The summed E-state index contributed by atoms with van der Waals surface area (Å²) in [6.45, 7) is 2.08. The molecule has 4 aromatic rings. The van der Waals surface area contributed by atoms with Gasteiger partial charge < -0.3 is 10.0 Å². The average molecular weight is 501 g/mol. The zero-order valence-electron chi connectivity index (χ0n) is 18.7. The Hall–Kier alpha value is -3.40. The third-order valence-corrected chi connectivity index (χ3v) is 6.81. The fraction of sp³-hybridized carbons (Fsp3) is 0.280. The Morgan fingerprint density at radius 3 is 2.43 bits per heavy atom. The molecule has 35 heavy (non-hydrogen) atoms. The molecule has 0 saturated carbocycles. The number of halogens is 3. The van der Waals surface area contributed by atoms with E-state index in [0.29, 0.717) is 0 Å². The molecule has 1 aliphatic heterocycles. The molecular weight excluding hydrogens is 477 g/mol. The van der Waals surface area contributed by atoms with Crippen molar-refractivity contribution in [1.29, 1.82) is 0 Å². The van der Waals surface area contributed by atoms with Gasteiger partial charge in [0.1, 0.15) is 5.82 Å². The lowest BCUT2D eigenvalue weighted by atomic mass is 10.1. The van der Waals surface area contributed by atoms with E-state index in [1.807, 2.05) is 30.3 Å². The van der Waals surface area contributed by atoms with Crippen LogP contribution in [0.25, 0.3) is 16.6 Å². The van der Waals surface area contributed by atoms with E-state index in [-0.39, 0.29) is 34.8 Å². The number of aromatic nitrogens is 3. The fourth-order valence-electron chi connectivity index (χ4n) is 4.46. The average Bonchev–Trinajstić information content (AvgIpc) is 3.11. The van der Waals surface area contributed by atoms with Crippen LogP contribution in [0, 0.1) is 0 Å². The van der Waals surface area contributed by atoms with Crippen LogP contribution in [0.1, 0.15) is 24.8 Å². The van der Waals surface area contributed by atoms with E-state index in [0.717, 1.165) is 52.8 Å². The largest absolute Gasteiger partial charge is 0.493 e. The van der Waals surface area contributed by atoms with Gasteiger partial charge in [0, 0.05) is 23.4 Å². The molecule has 10 heteroatoms. The van der Waals surface area contributed by atoms with E-state index in [4.69, 9.17) is 4.98 Å². The molecule has 182 valence electrons. The molecule has 0 atom stereocenters. The van der Waals surface area contributed by atoms with Crippen LogP contribution in [0.15, 0.2) is 70.5 Å². The number of pyridine rings is 1. The van der Waals surface area contributed by atoms with E-state index in [1.165, 1.54) is 41.5 Å². The molecule has 3 heterocycles. The van der Waals surface area contributed by atoms with Crippen molar-refractivity contribution in [2.45, 2.75) is 36.2 Å². The summed E-state index contributed by atoms with van der Waals surface area (Å²) in [5.41, 5.74) is -2.87. The minimum atomic E-state index is -4.40. The van der Waals surface area contributed by atoms with Crippen LogP contribution in [0.4, 0.5) is 19.0 Å². The van der Waals surface area contributed by atoms with Gasteiger partial charge in [0.25, 0.3) is 0 Å². The summed E-state index contributed by atoms with van der Waals surface area (Å²) in [4.78, 5) is 20.3. The maximum atomic E-state index is 13.2. The number of para-hydroxylation sites is 1. The molecule has 5 rings (SSSR count). The number of hydrogen-bond acceptors (Lipinski definition) is 5. The first-order valence-electron chi connectivity index (χ1n) is 11.3. The number of hydrogen-bond donors (Lipinski definition) is 1. The quantitative estimate of drug-likeness (QED) is 0.365. The molecule has 0 bridgehead atoms. The lowest BCUT2D eigenvalue weighted by Crippen LogP contribution is -2.30. The number of aromatic hydroxyl groups is 1. The maximum absolute atomic E-state index is 13.2. The number of anilines is 1. The molecule has 0 radical (unpaired) electrons. The molecule has 0 aliphatic carbocycles. The van der Waals surface area contributed by atoms with E-state index in [2.05, 4.69) is 4.90 Å². The van der Waals surface area contributed by atoms with E-state index < -0.39 is 11.2 Å². The Kier molecular flexibility index (Phi) is 6.22. The number of fused-ring (bicyclic) bond motifs is 1. The second-order valence-corrected chi connectivity index (χ2v) is 9.62. The topological polar surface area (TPSA) is 63.3 Å². The third kappa shape index (κ3) is 5.02. The number of alkyl halides is 3. The molecule has 1 saturated heterocycles. The van der Waals surface area contributed by atoms with Gasteiger partial charge in [-0.15, -0.1) is 0 Å². The number of thioether (sulfide) groups is 1. The highest BCUT2D eigenvalue weighted by Crippen LogP contribution is 2.37. The maximum Gasteiger partial charge on any atom is 0.446 e. The van der Waals surface area contributed by atoms with Crippen LogP contribution in [0.2, 0.25) is 0 Å². The second kappa shape index (κ2) is 9.33. The first-order valence-corrected chi connectivity index (χ1v) is 12.1. The molecule has 1 N–H and O–H groups in total. The molecule has 2 aromatic heterocycles. The van der Waals surface area contributed by atoms with Crippen LogP contribution in [0.3, 0.4) is 0 Å². The monoisotopic (exact) mass is 500 g/mol. The van der Waals surface area contributed by atoms with Gasteiger partial charge in [-0.2, -0.15) is 13.2 Å². The Morgan fingerprint density at radius 2 is 1.71 bits per heavy atom. The minimum absolute atomic E-state index is 0.00159. The molecule has 0 spiro atoms. The number of piperidine rings is 1. The van der Waals surface area contributed by atoms with E-state index >= 15 is 0 Å². The Labute approximate surface area is 203 Å². The van der Waals surface area contributed by atoms with Crippen molar-refractivity contribution >= 4 is 28.5 Å². The summed E-state index contributed by atoms with van der Waals surface area (Å²) in [7, 11) is 0. The van der Waals surface area contributed by atoms with Crippen molar-refractivity contribution in [2.24, 2.45) is 0 Å². The molecular formula is C25H23F3N4O2S. The highest BCUT2D eigenvalue weighted by molar-refractivity contribution is 8.00. The van der Waals surface area contributed by atoms with Crippen molar-refractivity contribution < 1.29 is 18.3 Å². The molecule has 0 unspecified atom stereocenters. The van der Waals surface area contributed by atoms with E-state index in [1.54, 1.807) is 0 Å². The van der Waals surface area contributed by atoms with Crippen LogP contribution in [0.5, 0.6) is 5.88 Å². The second-order valence-electron chi connectivity index (χ2n) is 8.48. The van der Waals surface area contributed by atoms with Crippen LogP contribution in [-0.2, 0) is 6.54 Å². The van der Waals surface area contributed by atoms with Crippen LogP contribution < -0.4 is 10.6 Å². The summed E-state index contributed by atoms with van der Waals surface area (Å²) in [5.74, 6) is 0.577. The number of imidazole rings is 1. The van der Waals surface area contributed by atoms with Gasteiger partial charge in [0.05, 0.1) is 23.9 Å². The summed E-state index contributed by atoms with van der Waals surface area (Å²) >= 11 is -0.231. The number of benzene rings is 2. The normalized spacial score (nSPS) is 14.5. The number of rotatable bonds is 5. The lowest BCUT2D eigenvalue weighted by molar-refractivity contribution is -0.0328. The summed E-state index contributed by atoms with van der Waals surface area (Å²) in [5, 5.41) is 11.4. The zero-order valence-corrected chi connectivity index (χ0v) is 19.5. The van der Waals surface area contributed by atoms with Crippen molar-refractivity contribution in [1.82, 2.24) is 14.1 Å². The van der Waals surface area contributed by atoms with Gasteiger partial charge in [0.15, 0.2) is 0 Å². The molecule has 2 aromatic carbocycles. The lowest BCUT2D eigenvalue weighted by Gasteiger charge is -2.28. The highest BCUT2D eigenvalue weighted by atomic mass is 32.2. The molecule has 1 aliphatic rings. The van der Waals surface area contributed by atoms with Gasteiger partial charge in [-0.25, -0.2) is 14.3 Å². The zero-order chi connectivity index (χ0) is 24.6. The summed E-state index contributed by atoms with van der Waals surface area (Å²) in [6, 6.07) is 15.1. The summed E-state index contributed by atoms with van der Waals surface area (Å²) in [6.07, 6.45) is 4.77. The van der Waals surface area contributed by atoms with Gasteiger partial charge >= 0.3 is 11.2 Å². The van der Waals surface area contributed by atoms with Crippen molar-refractivity contribution in [3.8, 4) is 11.6 Å². The SMILES string of the molecule is O=c1n(Cc2cc(N3CCCCC3)nc3ccccc23)cc(O)n1-c1ccc(SC(F)(F)F)cc1. The molecule has 1 fully saturated rings. The predicted molar refractivity (Wildman–Crippen MR) is 131 cm³/mol. The van der Waals surface area contributed by atoms with Gasteiger partial charge in [-0.3, -0.25) is 4.57 Å². The molecule has 6 nitrogen and oxygen atoms in total. The van der Waals surface area contributed by atoms with E-state index in [9.17, 15) is 23.1 Å². The van der Waals surface area contributed by atoms with Gasteiger partial charge in [-0.1, -0.05) is 18.2 Å². The Bertz CT molecular complexity index is 1410. The van der Waals surface area contributed by atoms with Crippen molar-refractivity contribution in [3.05, 3.63) is 76.8 Å².